The molecular formula is C11H8ClFN2O. The van der Waals surface area contributed by atoms with E-state index >= 15 is 0 Å². The molecule has 0 spiro atoms. The van der Waals surface area contributed by atoms with Gasteiger partial charge in [-0.05, 0) is 18.6 Å². The van der Waals surface area contributed by atoms with Crippen LogP contribution in [0.3, 0.4) is 0 Å². The summed E-state index contributed by atoms with van der Waals surface area (Å²) >= 11 is 5.66. The number of halogens is 2. The number of benzene rings is 1. The van der Waals surface area contributed by atoms with E-state index in [9.17, 15) is 4.39 Å². The molecule has 0 fully saturated rings. The largest absolute Gasteiger partial charge is 0.436 e. The van der Waals surface area contributed by atoms with E-state index in [1.165, 1.54) is 18.5 Å². The molecule has 0 aliphatic rings. The predicted octanol–water partition coefficient (Wildman–Crippen LogP) is 3.37. The lowest BCUT2D eigenvalue weighted by atomic mass is 10.2. The summed E-state index contributed by atoms with van der Waals surface area (Å²) in [4.78, 5) is 7.52. The lowest BCUT2D eigenvalue weighted by Gasteiger charge is -2.06. The van der Waals surface area contributed by atoms with Gasteiger partial charge in [0.1, 0.15) is 11.5 Å². The van der Waals surface area contributed by atoms with Crippen molar-refractivity contribution in [3.63, 3.8) is 0 Å². The maximum Gasteiger partial charge on any atom is 0.223 e. The minimum absolute atomic E-state index is 0.120. The van der Waals surface area contributed by atoms with Crippen molar-refractivity contribution in [2.24, 2.45) is 0 Å². The van der Waals surface area contributed by atoms with E-state index in [1.54, 1.807) is 19.1 Å². The van der Waals surface area contributed by atoms with Gasteiger partial charge < -0.3 is 4.74 Å². The van der Waals surface area contributed by atoms with Gasteiger partial charge in [-0.25, -0.2) is 14.4 Å². The van der Waals surface area contributed by atoms with E-state index in [0.717, 1.165) is 0 Å². The molecule has 2 aromatic rings. The van der Waals surface area contributed by atoms with Crippen molar-refractivity contribution >= 4 is 11.6 Å². The molecule has 82 valence electrons. The molecule has 1 aromatic carbocycles. The molecule has 2 rings (SSSR count). The maximum absolute atomic E-state index is 13.6. The molecule has 0 N–H and O–H groups in total. The lowest BCUT2D eigenvalue weighted by molar-refractivity contribution is 0.424. The Balaban J connectivity index is 2.31. The number of nitrogens with zero attached hydrogens (tertiary/aromatic N) is 2. The van der Waals surface area contributed by atoms with Crippen molar-refractivity contribution in [1.29, 1.82) is 0 Å². The SMILES string of the molecule is Cc1cccc(Oc2cc(Cl)ncn2)c1F. The quantitative estimate of drug-likeness (QED) is 0.753. The molecule has 0 aliphatic heterocycles. The van der Waals surface area contributed by atoms with Crippen LogP contribution in [0.5, 0.6) is 11.6 Å². The van der Waals surface area contributed by atoms with E-state index in [1.807, 2.05) is 0 Å². The first-order valence-electron chi connectivity index (χ1n) is 4.57. The van der Waals surface area contributed by atoms with E-state index in [4.69, 9.17) is 16.3 Å². The third-order valence-corrected chi connectivity index (χ3v) is 2.19. The standard InChI is InChI=1S/C11H8ClFN2O/c1-7-3-2-4-8(11(7)13)16-10-5-9(12)14-6-15-10/h2-6H,1H3. The minimum atomic E-state index is -0.405. The van der Waals surface area contributed by atoms with Gasteiger partial charge >= 0.3 is 0 Å². The third kappa shape index (κ3) is 2.28. The van der Waals surface area contributed by atoms with E-state index < -0.39 is 5.82 Å². The van der Waals surface area contributed by atoms with Crippen LogP contribution in [0.1, 0.15) is 5.56 Å². The summed E-state index contributed by atoms with van der Waals surface area (Å²) in [5, 5.41) is 0.248. The summed E-state index contributed by atoms with van der Waals surface area (Å²) in [5.74, 6) is -0.0727. The van der Waals surface area contributed by atoms with Gasteiger partial charge in [0.2, 0.25) is 5.88 Å². The second kappa shape index (κ2) is 4.45. The van der Waals surface area contributed by atoms with Gasteiger partial charge in [0.05, 0.1) is 0 Å². The molecule has 0 unspecified atom stereocenters. The van der Waals surface area contributed by atoms with Gasteiger partial charge in [0.25, 0.3) is 0 Å². The summed E-state index contributed by atoms with van der Waals surface area (Å²) in [6, 6.07) is 6.31. The van der Waals surface area contributed by atoms with Crippen LogP contribution in [0.15, 0.2) is 30.6 Å². The average molecular weight is 239 g/mol. The van der Waals surface area contributed by atoms with Gasteiger partial charge in [0, 0.05) is 6.07 Å². The molecule has 1 heterocycles. The molecule has 5 heteroatoms. The maximum atomic E-state index is 13.6. The summed E-state index contributed by atoms with van der Waals surface area (Å²) in [5.41, 5.74) is 0.512. The molecule has 0 aliphatic carbocycles. The van der Waals surface area contributed by atoms with Crippen molar-refractivity contribution in [2.45, 2.75) is 6.92 Å². The first kappa shape index (κ1) is 10.8. The van der Waals surface area contributed by atoms with Gasteiger partial charge in [-0.15, -0.1) is 0 Å². The highest BCUT2D eigenvalue weighted by molar-refractivity contribution is 6.29. The number of aromatic nitrogens is 2. The predicted molar refractivity (Wildman–Crippen MR) is 58.3 cm³/mol. The Kier molecular flexibility index (Phi) is 3.01. The van der Waals surface area contributed by atoms with Crippen LogP contribution < -0.4 is 4.74 Å². The fourth-order valence-corrected chi connectivity index (χ4v) is 1.32. The minimum Gasteiger partial charge on any atom is -0.436 e. The fraction of sp³-hybridized carbons (Fsp3) is 0.0909. The monoisotopic (exact) mass is 238 g/mol. The molecule has 0 radical (unpaired) electrons. The zero-order valence-electron chi connectivity index (χ0n) is 8.45. The van der Waals surface area contributed by atoms with Crippen LogP contribution in [0, 0.1) is 12.7 Å². The van der Waals surface area contributed by atoms with Crippen LogP contribution in [0.2, 0.25) is 5.15 Å². The normalized spacial score (nSPS) is 10.2. The lowest BCUT2D eigenvalue weighted by Crippen LogP contribution is -1.93. The number of ether oxygens (including phenoxy) is 1. The molecule has 1 aromatic heterocycles. The Morgan fingerprint density at radius 1 is 1.31 bits per heavy atom. The average Bonchev–Trinajstić information content (AvgIpc) is 2.25. The number of rotatable bonds is 2. The molecule has 16 heavy (non-hydrogen) atoms. The molecular weight excluding hydrogens is 231 g/mol. The van der Waals surface area contributed by atoms with Gasteiger partial charge in [-0.2, -0.15) is 0 Å². The van der Waals surface area contributed by atoms with Crippen LogP contribution in [-0.2, 0) is 0 Å². The van der Waals surface area contributed by atoms with Gasteiger partial charge in [-0.1, -0.05) is 23.7 Å². The van der Waals surface area contributed by atoms with Crippen molar-refractivity contribution in [3.8, 4) is 11.6 Å². The Morgan fingerprint density at radius 2 is 2.12 bits per heavy atom. The van der Waals surface area contributed by atoms with Gasteiger partial charge in [-0.3, -0.25) is 0 Å². The summed E-state index contributed by atoms with van der Waals surface area (Å²) < 4.78 is 18.8. The summed E-state index contributed by atoms with van der Waals surface area (Å²) in [7, 11) is 0. The molecule has 0 saturated carbocycles. The number of hydrogen-bond donors (Lipinski definition) is 0. The highest BCUT2D eigenvalue weighted by Crippen LogP contribution is 2.25. The highest BCUT2D eigenvalue weighted by Gasteiger charge is 2.07. The van der Waals surface area contributed by atoms with Crippen molar-refractivity contribution < 1.29 is 9.13 Å². The molecule has 0 atom stereocenters. The van der Waals surface area contributed by atoms with E-state index in [2.05, 4.69) is 9.97 Å². The zero-order valence-corrected chi connectivity index (χ0v) is 9.20. The van der Waals surface area contributed by atoms with Gasteiger partial charge in [0.15, 0.2) is 11.6 Å². The molecule has 0 amide bonds. The van der Waals surface area contributed by atoms with Crippen LogP contribution in [0.4, 0.5) is 4.39 Å². The molecule has 0 saturated heterocycles. The molecule has 3 nitrogen and oxygen atoms in total. The van der Waals surface area contributed by atoms with E-state index in [-0.39, 0.29) is 16.8 Å². The Bertz CT molecular complexity index is 519. The molecule has 0 bridgehead atoms. The van der Waals surface area contributed by atoms with Crippen LogP contribution in [-0.4, -0.2) is 9.97 Å². The fourth-order valence-electron chi connectivity index (χ4n) is 1.19. The smallest absolute Gasteiger partial charge is 0.223 e. The second-order valence-electron chi connectivity index (χ2n) is 3.17. The number of aryl methyl sites for hydroxylation is 1. The Hall–Kier alpha value is -1.68. The van der Waals surface area contributed by atoms with E-state index in [0.29, 0.717) is 5.56 Å². The third-order valence-electron chi connectivity index (χ3n) is 1.98. The van der Waals surface area contributed by atoms with Crippen LogP contribution >= 0.6 is 11.6 Å². The van der Waals surface area contributed by atoms with Crippen molar-refractivity contribution in [2.75, 3.05) is 0 Å². The van der Waals surface area contributed by atoms with Crippen molar-refractivity contribution in [1.82, 2.24) is 9.97 Å². The van der Waals surface area contributed by atoms with Crippen molar-refractivity contribution in [3.05, 3.63) is 47.1 Å². The Morgan fingerprint density at radius 3 is 2.88 bits per heavy atom. The number of hydrogen-bond acceptors (Lipinski definition) is 3. The summed E-state index contributed by atoms with van der Waals surface area (Å²) in [6.45, 7) is 1.66. The highest BCUT2D eigenvalue weighted by atomic mass is 35.5. The second-order valence-corrected chi connectivity index (χ2v) is 3.56. The topological polar surface area (TPSA) is 35.0 Å². The first-order valence-corrected chi connectivity index (χ1v) is 4.95. The zero-order chi connectivity index (χ0) is 11.5. The Labute approximate surface area is 96.9 Å². The summed E-state index contributed by atoms with van der Waals surface area (Å²) in [6.07, 6.45) is 1.26. The van der Waals surface area contributed by atoms with Crippen LogP contribution in [0.25, 0.3) is 0 Å². The first-order chi connectivity index (χ1) is 7.66.